The third kappa shape index (κ3) is 3.82. The quantitative estimate of drug-likeness (QED) is 0.896. The summed E-state index contributed by atoms with van der Waals surface area (Å²) in [7, 11) is 0. The van der Waals surface area contributed by atoms with Gasteiger partial charge < -0.3 is 10.6 Å². The van der Waals surface area contributed by atoms with Crippen LogP contribution < -0.4 is 10.6 Å². The van der Waals surface area contributed by atoms with Gasteiger partial charge in [-0.25, -0.2) is 0 Å². The Kier molecular flexibility index (Phi) is 4.78. The van der Waals surface area contributed by atoms with Gasteiger partial charge in [0.05, 0.1) is 0 Å². The molecule has 0 radical (unpaired) electrons. The van der Waals surface area contributed by atoms with Crippen molar-refractivity contribution >= 4 is 27.5 Å². The van der Waals surface area contributed by atoms with Gasteiger partial charge in [0.2, 0.25) is 5.91 Å². The van der Waals surface area contributed by atoms with E-state index in [9.17, 15) is 4.79 Å². The summed E-state index contributed by atoms with van der Waals surface area (Å²) in [6.07, 6.45) is 3.95. The molecular formula is C14H19BrN2O. The molecule has 1 saturated heterocycles. The average molecular weight is 311 g/mol. The van der Waals surface area contributed by atoms with E-state index in [4.69, 9.17) is 0 Å². The van der Waals surface area contributed by atoms with Crippen molar-refractivity contribution in [2.24, 2.45) is 0 Å². The molecule has 1 aromatic carbocycles. The molecule has 2 N–H and O–H groups in total. The maximum absolute atomic E-state index is 11.9. The number of hydrogen-bond acceptors (Lipinski definition) is 2. The molecule has 0 saturated carbocycles. The van der Waals surface area contributed by atoms with Gasteiger partial charge >= 0.3 is 0 Å². The van der Waals surface area contributed by atoms with Crippen molar-refractivity contribution in [3.8, 4) is 0 Å². The summed E-state index contributed by atoms with van der Waals surface area (Å²) in [5.41, 5.74) is 1.99. The van der Waals surface area contributed by atoms with Crippen molar-refractivity contribution in [1.29, 1.82) is 0 Å². The third-order valence-electron chi connectivity index (χ3n) is 3.36. The van der Waals surface area contributed by atoms with Crippen LogP contribution in [0.5, 0.6) is 0 Å². The molecule has 4 heteroatoms. The Bertz CT molecular complexity index is 428. The van der Waals surface area contributed by atoms with Crippen LogP contribution in [0, 0.1) is 6.92 Å². The summed E-state index contributed by atoms with van der Waals surface area (Å²) in [6, 6.07) is 6.45. The van der Waals surface area contributed by atoms with Gasteiger partial charge in [-0.15, -0.1) is 0 Å². The lowest BCUT2D eigenvalue weighted by Crippen LogP contribution is -2.23. The van der Waals surface area contributed by atoms with Gasteiger partial charge in [-0.2, -0.15) is 0 Å². The van der Waals surface area contributed by atoms with E-state index in [0.29, 0.717) is 12.5 Å². The molecule has 3 nitrogen and oxygen atoms in total. The molecule has 0 aliphatic carbocycles. The molecule has 1 unspecified atom stereocenters. The SMILES string of the molecule is Cc1ccc(Br)cc1NC(=O)CCC1CCCN1. The van der Waals surface area contributed by atoms with Crippen LogP contribution in [0.1, 0.15) is 31.2 Å². The Morgan fingerprint density at radius 3 is 3.11 bits per heavy atom. The Balaban J connectivity index is 1.84. The molecular weight excluding hydrogens is 292 g/mol. The summed E-state index contributed by atoms with van der Waals surface area (Å²) in [6.45, 7) is 3.09. The molecule has 98 valence electrons. The van der Waals surface area contributed by atoms with Gasteiger partial charge in [-0.05, 0) is 50.4 Å². The first-order valence-corrected chi connectivity index (χ1v) is 7.24. The highest BCUT2D eigenvalue weighted by Crippen LogP contribution is 2.21. The van der Waals surface area contributed by atoms with Crippen molar-refractivity contribution in [3.63, 3.8) is 0 Å². The maximum Gasteiger partial charge on any atom is 0.224 e. The van der Waals surface area contributed by atoms with Crippen molar-refractivity contribution in [1.82, 2.24) is 5.32 Å². The lowest BCUT2D eigenvalue weighted by Gasteiger charge is -2.11. The van der Waals surface area contributed by atoms with Crippen LogP contribution in [-0.2, 0) is 4.79 Å². The highest BCUT2D eigenvalue weighted by molar-refractivity contribution is 9.10. The van der Waals surface area contributed by atoms with Crippen molar-refractivity contribution < 1.29 is 4.79 Å². The first-order valence-electron chi connectivity index (χ1n) is 6.44. The number of amides is 1. The number of anilines is 1. The summed E-state index contributed by atoms with van der Waals surface area (Å²) >= 11 is 3.42. The fourth-order valence-corrected chi connectivity index (χ4v) is 2.61. The van der Waals surface area contributed by atoms with Gasteiger partial charge in [-0.1, -0.05) is 22.0 Å². The maximum atomic E-state index is 11.9. The van der Waals surface area contributed by atoms with Crippen LogP contribution in [0.2, 0.25) is 0 Å². The zero-order valence-corrected chi connectivity index (χ0v) is 12.2. The molecule has 18 heavy (non-hydrogen) atoms. The van der Waals surface area contributed by atoms with Crippen LogP contribution in [0.3, 0.4) is 0 Å². The van der Waals surface area contributed by atoms with Crippen LogP contribution >= 0.6 is 15.9 Å². The molecule has 1 fully saturated rings. The standard InChI is InChI=1S/C14H19BrN2O/c1-10-4-5-11(15)9-13(10)17-14(18)7-6-12-3-2-8-16-12/h4-5,9,12,16H,2-3,6-8H2,1H3,(H,17,18). The number of benzene rings is 1. The van der Waals surface area contributed by atoms with E-state index < -0.39 is 0 Å². The minimum absolute atomic E-state index is 0.102. The second kappa shape index (κ2) is 6.34. The van der Waals surface area contributed by atoms with Gasteiger partial charge in [-0.3, -0.25) is 4.79 Å². The second-order valence-electron chi connectivity index (χ2n) is 4.84. The predicted octanol–water partition coefficient (Wildman–Crippen LogP) is 3.23. The predicted molar refractivity (Wildman–Crippen MR) is 77.8 cm³/mol. The Morgan fingerprint density at radius 2 is 2.39 bits per heavy atom. The summed E-state index contributed by atoms with van der Waals surface area (Å²) in [4.78, 5) is 11.9. The molecule has 1 aliphatic rings. The van der Waals surface area contributed by atoms with E-state index in [2.05, 4.69) is 26.6 Å². The molecule has 1 amide bonds. The Morgan fingerprint density at radius 1 is 1.56 bits per heavy atom. The van der Waals surface area contributed by atoms with E-state index in [-0.39, 0.29) is 5.91 Å². The molecule has 1 aromatic rings. The minimum Gasteiger partial charge on any atom is -0.326 e. The fourth-order valence-electron chi connectivity index (χ4n) is 2.25. The number of rotatable bonds is 4. The van der Waals surface area contributed by atoms with Gasteiger partial charge in [0.1, 0.15) is 0 Å². The number of hydrogen-bond donors (Lipinski definition) is 2. The highest BCUT2D eigenvalue weighted by atomic mass is 79.9. The molecule has 1 aliphatic heterocycles. The Hall–Kier alpha value is -0.870. The zero-order valence-electron chi connectivity index (χ0n) is 10.6. The summed E-state index contributed by atoms with van der Waals surface area (Å²) < 4.78 is 0.987. The largest absolute Gasteiger partial charge is 0.326 e. The highest BCUT2D eigenvalue weighted by Gasteiger charge is 2.15. The minimum atomic E-state index is 0.102. The lowest BCUT2D eigenvalue weighted by atomic mass is 10.1. The van der Waals surface area contributed by atoms with E-state index in [1.54, 1.807) is 0 Å². The normalized spacial score (nSPS) is 18.9. The fraction of sp³-hybridized carbons (Fsp3) is 0.500. The molecule has 0 aromatic heterocycles. The molecule has 0 bridgehead atoms. The monoisotopic (exact) mass is 310 g/mol. The molecule has 1 atom stereocenters. The molecule has 1 heterocycles. The van der Waals surface area contributed by atoms with Crippen molar-refractivity contribution in [3.05, 3.63) is 28.2 Å². The van der Waals surface area contributed by atoms with Crippen LogP contribution in [0.25, 0.3) is 0 Å². The first kappa shape index (κ1) is 13.6. The van der Waals surface area contributed by atoms with Crippen molar-refractivity contribution in [2.75, 3.05) is 11.9 Å². The van der Waals surface area contributed by atoms with Crippen LogP contribution in [0.4, 0.5) is 5.69 Å². The smallest absolute Gasteiger partial charge is 0.224 e. The van der Waals surface area contributed by atoms with E-state index in [0.717, 1.165) is 28.7 Å². The number of halogens is 1. The third-order valence-corrected chi connectivity index (χ3v) is 3.85. The Labute approximate surface area is 116 Å². The van der Waals surface area contributed by atoms with E-state index >= 15 is 0 Å². The molecule has 0 spiro atoms. The molecule has 2 rings (SSSR count). The second-order valence-corrected chi connectivity index (χ2v) is 5.76. The average Bonchev–Trinajstić information content (AvgIpc) is 2.84. The number of aryl methyl sites for hydroxylation is 1. The first-order chi connectivity index (χ1) is 8.65. The number of nitrogens with one attached hydrogen (secondary N) is 2. The van der Waals surface area contributed by atoms with Crippen LogP contribution in [-0.4, -0.2) is 18.5 Å². The number of carbonyl (C=O) groups is 1. The van der Waals surface area contributed by atoms with E-state index in [1.165, 1.54) is 12.8 Å². The summed E-state index contributed by atoms with van der Waals surface area (Å²) in [5, 5.41) is 6.39. The van der Waals surface area contributed by atoms with Crippen molar-refractivity contribution in [2.45, 2.75) is 38.6 Å². The topological polar surface area (TPSA) is 41.1 Å². The lowest BCUT2D eigenvalue weighted by molar-refractivity contribution is -0.116. The van der Waals surface area contributed by atoms with E-state index in [1.807, 2.05) is 25.1 Å². The summed E-state index contributed by atoms with van der Waals surface area (Å²) in [5.74, 6) is 0.102. The number of carbonyl (C=O) groups excluding carboxylic acids is 1. The van der Waals surface area contributed by atoms with Gasteiger partial charge in [0.25, 0.3) is 0 Å². The van der Waals surface area contributed by atoms with Gasteiger partial charge in [0.15, 0.2) is 0 Å². The zero-order chi connectivity index (χ0) is 13.0. The van der Waals surface area contributed by atoms with Crippen LogP contribution in [0.15, 0.2) is 22.7 Å². The van der Waals surface area contributed by atoms with Gasteiger partial charge in [0, 0.05) is 22.6 Å².